The molecule has 2 aromatic carbocycles. The molecular formula is C25H29Cl2N5O6. The molecule has 0 radical (unpaired) electrons. The molecule has 1 unspecified atom stereocenters. The highest BCUT2D eigenvalue weighted by atomic mass is 35.5. The van der Waals surface area contributed by atoms with Crippen molar-refractivity contribution in [1.82, 2.24) is 16.1 Å². The molecule has 2 amide bonds. The first kappa shape index (κ1) is 30.6. The fraction of sp³-hybridized carbons (Fsp3) is 0.320. The lowest BCUT2D eigenvalue weighted by atomic mass is 9.98. The van der Waals surface area contributed by atoms with Crippen molar-refractivity contribution < 1.29 is 28.7 Å². The average Bonchev–Trinajstić information content (AvgIpc) is 2.84. The van der Waals surface area contributed by atoms with Gasteiger partial charge in [0.05, 0.1) is 17.6 Å². The standard InChI is InChI=1S/C25H29Cl2N5O6/c1-25(2,3)24(36)38-14-37-23(35)20(9-15-7-17(26)11-18(27)8-15)32-21(33)12-29-22(34)16-5-4-6-19(10-16)30-13-31-28/h4-8,10-11,13,20H,9,12,14,28H2,1-3H3,(H,29,34)(H,30,31)(H,32,33). The molecule has 38 heavy (non-hydrogen) atoms. The molecule has 204 valence electrons. The maximum Gasteiger partial charge on any atom is 0.331 e. The normalized spacial score (nSPS) is 11.9. The molecule has 0 fully saturated rings. The molecule has 0 saturated carbocycles. The largest absolute Gasteiger partial charge is 0.427 e. The Balaban J connectivity index is 2.05. The van der Waals surface area contributed by atoms with Gasteiger partial charge in [0.1, 0.15) is 12.4 Å². The summed E-state index contributed by atoms with van der Waals surface area (Å²) in [5.74, 6) is 2.52. The number of amides is 2. The minimum absolute atomic E-state index is 0.0265. The van der Waals surface area contributed by atoms with Crippen LogP contribution < -0.4 is 21.9 Å². The summed E-state index contributed by atoms with van der Waals surface area (Å²) >= 11 is 12.1. The molecule has 0 aliphatic heterocycles. The van der Waals surface area contributed by atoms with Crippen LogP contribution in [0.2, 0.25) is 10.0 Å². The van der Waals surface area contributed by atoms with Gasteiger partial charge in [-0.2, -0.15) is 0 Å². The van der Waals surface area contributed by atoms with Gasteiger partial charge in [0.25, 0.3) is 5.91 Å². The van der Waals surface area contributed by atoms with Crippen molar-refractivity contribution in [3.63, 3.8) is 0 Å². The summed E-state index contributed by atoms with van der Waals surface area (Å²) in [6.07, 6.45) is 1.22. The molecule has 0 aliphatic rings. The molecule has 1 atom stereocenters. The van der Waals surface area contributed by atoms with Gasteiger partial charge in [-0.15, -0.1) is 0 Å². The number of nitrogens with one attached hydrogen (secondary N) is 3. The van der Waals surface area contributed by atoms with Gasteiger partial charge in [0.15, 0.2) is 0 Å². The van der Waals surface area contributed by atoms with E-state index in [9.17, 15) is 19.2 Å². The zero-order valence-electron chi connectivity index (χ0n) is 21.0. The molecule has 0 aromatic heterocycles. The van der Waals surface area contributed by atoms with Gasteiger partial charge >= 0.3 is 11.9 Å². The number of carbonyl (C=O) groups excluding carboxylic acids is 4. The van der Waals surface area contributed by atoms with Crippen LogP contribution in [-0.2, 0) is 30.3 Å². The molecule has 13 heteroatoms. The van der Waals surface area contributed by atoms with E-state index < -0.39 is 48.5 Å². The smallest absolute Gasteiger partial charge is 0.331 e. The van der Waals surface area contributed by atoms with Gasteiger partial charge in [-0.1, -0.05) is 29.3 Å². The molecule has 0 spiro atoms. The van der Waals surface area contributed by atoms with Gasteiger partial charge < -0.3 is 25.5 Å². The van der Waals surface area contributed by atoms with E-state index in [4.69, 9.17) is 38.5 Å². The number of hydrogen-bond donors (Lipinski definition) is 4. The van der Waals surface area contributed by atoms with Gasteiger partial charge in [-0.3, -0.25) is 14.4 Å². The molecule has 0 aliphatic carbocycles. The average molecular weight is 566 g/mol. The summed E-state index contributed by atoms with van der Waals surface area (Å²) in [5.41, 5.74) is 2.74. The first-order valence-corrected chi connectivity index (χ1v) is 12.1. The number of ether oxygens (including phenoxy) is 2. The summed E-state index contributed by atoms with van der Waals surface area (Å²) in [6, 6.07) is 9.82. The second-order valence-corrected chi connectivity index (χ2v) is 9.90. The van der Waals surface area contributed by atoms with Crippen LogP contribution in [0.15, 0.2) is 47.5 Å². The van der Waals surface area contributed by atoms with Crippen molar-refractivity contribution in [2.75, 3.05) is 13.3 Å². The summed E-state index contributed by atoms with van der Waals surface area (Å²) < 4.78 is 10.0. The Morgan fingerprint density at radius 1 is 1.05 bits per heavy atom. The van der Waals surface area contributed by atoms with E-state index in [-0.39, 0.29) is 12.0 Å². The quantitative estimate of drug-likeness (QED) is 0.0806. The SMILES string of the molecule is CC(C)(C)C(=O)OCOC(=O)C(Cc1cc(Cl)cc(Cl)c1)NC(=O)CNC(=O)c1cccc(N=CNN)c1. The van der Waals surface area contributed by atoms with Crippen molar-refractivity contribution in [1.29, 1.82) is 0 Å². The van der Waals surface area contributed by atoms with Crippen LogP contribution in [0.3, 0.4) is 0 Å². The second kappa shape index (κ2) is 14.3. The maximum absolute atomic E-state index is 12.8. The highest BCUT2D eigenvalue weighted by Crippen LogP contribution is 2.20. The number of carbonyl (C=O) groups is 4. The van der Waals surface area contributed by atoms with Crippen molar-refractivity contribution in [3.05, 3.63) is 63.6 Å². The summed E-state index contributed by atoms with van der Waals surface area (Å²) in [6.45, 7) is 3.89. The third-order valence-corrected chi connectivity index (χ3v) is 5.23. The topological polar surface area (TPSA) is 161 Å². The van der Waals surface area contributed by atoms with E-state index in [1.165, 1.54) is 18.5 Å². The van der Waals surface area contributed by atoms with Crippen molar-refractivity contribution in [3.8, 4) is 0 Å². The zero-order valence-corrected chi connectivity index (χ0v) is 22.6. The Labute approximate surface area is 230 Å². The number of hydrazine groups is 1. The summed E-state index contributed by atoms with van der Waals surface area (Å²) in [7, 11) is 0. The Morgan fingerprint density at radius 3 is 2.37 bits per heavy atom. The highest BCUT2D eigenvalue weighted by molar-refractivity contribution is 6.34. The number of rotatable bonds is 11. The van der Waals surface area contributed by atoms with Gasteiger partial charge in [-0.25, -0.2) is 15.6 Å². The van der Waals surface area contributed by atoms with Crippen LogP contribution in [0.1, 0.15) is 36.7 Å². The monoisotopic (exact) mass is 565 g/mol. The van der Waals surface area contributed by atoms with E-state index in [2.05, 4.69) is 21.1 Å². The lowest BCUT2D eigenvalue weighted by Crippen LogP contribution is -2.47. The third-order valence-electron chi connectivity index (χ3n) is 4.79. The van der Waals surface area contributed by atoms with E-state index in [1.54, 1.807) is 51.1 Å². The van der Waals surface area contributed by atoms with Crippen LogP contribution in [0.25, 0.3) is 0 Å². The second-order valence-electron chi connectivity index (χ2n) is 9.02. The number of nitrogens with two attached hydrogens (primary N) is 1. The Kier molecular flexibility index (Phi) is 11.5. The fourth-order valence-corrected chi connectivity index (χ4v) is 3.53. The van der Waals surface area contributed by atoms with Crippen LogP contribution in [0, 0.1) is 5.41 Å². The van der Waals surface area contributed by atoms with Crippen LogP contribution in [0.5, 0.6) is 0 Å². The molecule has 2 rings (SSSR count). The Hall–Kier alpha value is -3.67. The van der Waals surface area contributed by atoms with Gasteiger partial charge in [0, 0.05) is 22.0 Å². The minimum Gasteiger partial charge on any atom is -0.427 e. The number of halogens is 2. The predicted octanol–water partition coefficient (Wildman–Crippen LogP) is 2.66. The number of hydrogen-bond acceptors (Lipinski definition) is 8. The first-order chi connectivity index (χ1) is 17.9. The lowest BCUT2D eigenvalue weighted by molar-refractivity contribution is -0.174. The van der Waals surface area contributed by atoms with Gasteiger partial charge in [-0.05, 0) is 62.7 Å². The van der Waals surface area contributed by atoms with E-state index in [1.807, 2.05) is 0 Å². The molecule has 11 nitrogen and oxygen atoms in total. The number of nitrogens with zero attached hydrogens (tertiary/aromatic N) is 1. The number of aliphatic imine (C=N–C) groups is 1. The predicted molar refractivity (Wildman–Crippen MR) is 143 cm³/mol. The molecule has 5 N–H and O–H groups in total. The summed E-state index contributed by atoms with van der Waals surface area (Å²) in [4.78, 5) is 53.8. The van der Waals surface area contributed by atoms with E-state index in [0.29, 0.717) is 21.3 Å². The third kappa shape index (κ3) is 10.4. The first-order valence-electron chi connectivity index (χ1n) is 11.3. The van der Waals surface area contributed by atoms with Crippen LogP contribution >= 0.6 is 23.2 Å². The van der Waals surface area contributed by atoms with Crippen molar-refractivity contribution in [2.24, 2.45) is 16.3 Å². The maximum atomic E-state index is 12.8. The van der Waals surface area contributed by atoms with Crippen LogP contribution in [0.4, 0.5) is 5.69 Å². The van der Waals surface area contributed by atoms with E-state index >= 15 is 0 Å². The minimum atomic E-state index is -1.19. The molecule has 0 saturated heterocycles. The molecule has 0 heterocycles. The molecule has 2 aromatic rings. The fourth-order valence-electron chi connectivity index (χ4n) is 2.96. The van der Waals surface area contributed by atoms with Crippen molar-refractivity contribution in [2.45, 2.75) is 33.2 Å². The zero-order chi connectivity index (χ0) is 28.3. The number of esters is 2. The van der Waals surface area contributed by atoms with E-state index in [0.717, 1.165) is 0 Å². The van der Waals surface area contributed by atoms with Crippen LogP contribution in [-0.4, -0.2) is 49.5 Å². The Morgan fingerprint density at radius 2 is 1.74 bits per heavy atom. The Bertz CT molecular complexity index is 1180. The summed E-state index contributed by atoms with van der Waals surface area (Å²) in [5, 5.41) is 5.67. The molecule has 0 bridgehead atoms. The van der Waals surface area contributed by atoms with Crippen molar-refractivity contribution >= 4 is 59.0 Å². The molecular weight excluding hydrogens is 537 g/mol. The lowest BCUT2D eigenvalue weighted by Gasteiger charge is -2.20. The highest BCUT2D eigenvalue weighted by Gasteiger charge is 2.26. The number of benzene rings is 2. The van der Waals surface area contributed by atoms with Gasteiger partial charge in [0.2, 0.25) is 12.7 Å².